The Kier molecular flexibility index (Phi) is 9.91. The summed E-state index contributed by atoms with van der Waals surface area (Å²) >= 11 is 0. The first-order chi connectivity index (χ1) is 26.7. The van der Waals surface area contributed by atoms with Crippen LogP contribution in [-0.4, -0.2) is 0 Å². The standard InChI is InChI=1S/C51H37N3/c52-38-51-42(29-23-40-26-34-49(35-27-40)54(46-17-9-3-10-18-46)47-19-11-4-12-20-47)30-31-43-37-41(28-36-50(43)51)22-21-39-24-32-48(33-25-39)53(44-13-5-1-6-14-44)45-15-7-2-8-16-45/h1-37H/b22-21+,29-23+. The zero-order valence-electron chi connectivity index (χ0n) is 29.7. The first kappa shape index (κ1) is 33.7. The molecule has 0 fully saturated rings. The van der Waals surface area contributed by atoms with Crippen LogP contribution in [0.3, 0.4) is 0 Å². The van der Waals surface area contributed by atoms with E-state index in [0.29, 0.717) is 5.56 Å². The van der Waals surface area contributed by atoms with Crippen molar-refractivity contribution in [3.63, 3.8) is 0 Å². The Balaban J connectivity index is 0.993. The van der Waals surface area contributed by atoms with Gasteiger partial charge in [-0.1, -0.05) is 146 Å². The van der Waals surface area contributed by atoms with Crippen LogP contribution < -0.4 is 9.80 Å². The third kappa shape index (κ3) is 7.46. The van der Waals surface area contributed by atoms with Gasteiger partial charge in [0.25, 0.3) is 0 Å². The van der Waals surface area contributed by atoms with Gasteiger partial charge in [-0.25, -0.2) is 0 Å². The molecule has 8 rings (SSSR count). The minimum absolute atomic E-state index is 0.673. The van der Waals surface area contributed by atoms with Gasteiger partial charge in [-0.2, -0.15) is 5.26 Å². The smallest absolute Gasteiger partial charge is 0.100 e. The molecule has 0 aliphatic heterocycles. The molecular formula is C51H37N3. The molecule has 0 aliphatic carbocycles. The van der Waals surface area contributed by atoms with Gasteiger partial charge in [0.05, 0.1) is 5.56 Å². The Labute approximate surface area is 317 Å². The van der Waals surface area contributed by atoms with Gasteiger partial charge >= 0.3 is 0 Å². The summed E-state index contributed by atoms with van der Waals surface area (Å²) in [6.45, 7) is 0. The van der Waals surface area contributed by atoms with Crippen LogP contribution in [0.5, 0.6) is 0 Å². The third-order valence-electron chi connectivity index (χ3n) is 9.47. The Morgan fingerprint density at radius 1 is 0.352 bits per heavy atom. The molecule has 3 heteroatoms. The number of hydrogen-bond donors (Lipinski definition) is 0. The summed E-state index contributed by atoms with van der Waals surface area (Å²) in [7, 11) is 0. The summed E-state index contributed by atoms with van der Waals surface area (Å²) in [6, 6.07) is 71.6. The van der Waals surface area contributed by atoms with Crippen molar-refractivity contribution in [2.45, 2.75) is 0 Å². The lowest BCUT2D eigenvalue weighted by molar-refractivity contribution is 1.28. The van der Waals surface area contributed by atoms with E-state index in [-0.39, 0.29) is 0 Å². The largest absolute Gasteiger partial charge is 0.311 e. The highest BCUT2D eigenvalue weighted by molar-refractivity contribution is 5.94. The van der Waals surface area contributed by atoms with E-state index in [2.05, 4.69) is 204 Å². The second kappa shape index (κ2) is 15.9. The normalized spacial score (nSPS) is 11.2. The summed E-state index contributed by atoms with van der Waals surface area (Å²) < 4.78 is 0. The Bertz CT molecular complexity index is 2490. The van der Waals surface area contributed by atoms with Crippen molar-refractivity contribution < 1.29 is 0 Å². The fraction of sp³-hybridized carbons (Fsp3) is 0. The monoisotopic (exact) mass is 691 g/mol. The fourth-order valence-electron chi connectivity index (χ4n) is 6.78. The van der Waals surface area contributed by atoms with Crippen molar-refractivity contribution in [1.29, 1.82) is 5.26 Å². The van der Waals surface area contributed by atoms with Crippen LogP contribution in [0, 0.1) is 11.3 Å². The maximum absolute atomic E-state index is 10.2. The van der Waals surface area contributed by atoms with Gasteiger partial charge in [0.2, 0.25) is 0 Å². The number of fused-ring (bicyclic) bond motifs is 1. The van der Waals surface area contributed by atoms with Crippen LogP contribution in [0.25, 0.3) is 35.1 Å². The van der Waals surface area contributed by atoms with Crippen molar-refractivity contribution >= 4 is 69.2 Å². The summed E-state index contributed by atoms with van der Waals surface area (Å²) in [4.78, 5) is 4.51. The van der Waals surface area contributed by atoms with Crippen molar-refractivity contribution in [1.82, 2.24) is 0 Å². The Hall–Kier alpha value is -7.41. The van der Waals surface area contributed by atoms with Crippen molar-refractivity contribution in [3.8, 4) is 6.07 Å². The van der Waals surface area contributed by atoms with Gasteiger partial charge in [-0.15, -0.1) is 0 Å². The zero-order chi connectivity index (χ0) is 36.5. The molecule has 8 aromatic rings. The van der Waals surface area contributed by atoms with Crippen LogP contribution in [0.4, 0.5) is 34.1 Å². The molecular weight excluding hydrogens is 655 g/mol. The molecule has 0 unspecified atom stereocenters. The molecule has 0 bridgehead atoms. The fourth-order valence-corrected chi connectivity index (χ4v) is 6.78. The van der Waals surface area contributed by atoms with Crippen LogP contribution >= 0.6 is 0 Å². The quantitative estimate of drug-likeness (QED) is 0.134. The van der Waals surface area contributed by atoms with Crippen LogP contribution in [0.1, 0.15) is 27.8 Å². The maximum Gasteiger partial charge on any atom is 0.100 e. The first-order valence-electron chi connectivity index (χ1n) is 18.1. The lowest BCUT2D eigenvalue weighted by atomic mass is 9.97. The summed E-state index contributed by atoms with van der Waals surface area (Å²) in [5.74, 6) is 0. The van der Waals surface area contributed by atoms with Gasteiger partial charge in [0, 0.05) is 39.5 Å². The lowest BCUT2D eigenvalue weighted by Crippen LogP contribution is -2.09. The van der Waals surface area contributed by atoms with Crippen LogP contribution in [0.2, 0.25) is 0 Å². The molecule has 0 saturated heterocycles. The molecule has 0 atom stereocenters. The molecule has 0 amide bonds. The maximum atomic E-state index is 10.2. The molecule has 0 radical (unpaired) electrons. The van der Waals surface area contributed by atoms with Crippen LogP contribution in [0.15, 0.2) is 200 Å². The molecule has 0 aromatic heterocycles. The number of benzene rings is 8. The van der Waals surface area contributed by atoms with E-state index in [1.165, 1.54) is 0 Å². The highest BCUT2D eigenvalue weighted by Crippen LogP contribution is 2.36. The summed E-state index contributed by atoms with van der Waals surface area (Å²) in [5.41, 5.74) is 11.4. The van der Waals surface area contributed by atoms with E-state index >= 15 is 0 Å². The van der Waals surface area contributed by atoms with Crippen molar-refractivity contribution in [2.75, 3.05) is 9.80 Å². The summed E-state index contributed by atoms with van der Waals surface area (Å²) in [5, 5.41) is 12.2. The second-order valence-electron chi connectivity index (χ2n) is 13.0. The van der Waals surface area contributed by atoms with E-state index in [1.54, 1.807) is 0 Å². The predicted octanol–water partition coefficient (Wildman–Crippen LogP) is 14.0. The average Bonchev–Trinajstić information content (AvgIpc) is 3.24. The lowest BCUT2D eigenvalue weighted by Gasteiger charge is -2.25. The molecule has 0 spiro atoms. The number of anilines is 6. The van der Waals surface area contributed by atoms with Gasteiger partial charge in [0.1, 0.15) is 6.07 Å². The minimum atomic E-state index is 0.673. The highest BCUT2D eigenvalue weighted by atomic mass is 15.1. The zero-order valence-corrected chi connectivity index (χ0v) is 29.7. The van der Waals surface area contributed by atoms with Gasteiger partial charge in [0.15, 0.2) is 0 Å². The van der Waals surface area contributed by atoms with E-state index in [4.69, 9.17) is 0 Å². The number of nitrogens with zero attached hydrogens (tertiary/aromatic N) is 3. The number of hydrogen-bond acceptors (Lipinski definition) is 3. The molecule has 8 aromatic carbocycles. The second-order valence-corrected chi connectivity index (χ2v) is 13.0. The number of para-hydroxylation sites is 4. The van der Waals surface area contributed by atoms with Gasteiger partial charge in [-0.05, 0) is 107 Å². The van der Waals surface area contributed by atoms with Crippen molar-refractivity contribution in [3.05, 3.63) is 228 Å². The Morgan fingerprint density at radius 2 is 0.722 bits per heavy atom. The Morgan fingerprint density at radius 3 is 1.15 bits per heavy atom. The molecule has 0 aliphatic rings. The number of nitriles is 1. The van der Waals surface area contributed by atoms with E-state index in [0.717, 1.165) is 67.2 Å². The molecule has 256 valence electrons. The van der Waals surface area contributed by atoms with Gasteiger partial charge in [-0.3, -0.25) is 0 Å². The van der Waals surface area contributed by atoms with E-state index < -0.39 is 0 Å². The number of rotatable bonds is 10. The molecule has 0 saturated carbocycles. The third-order valence-corrected chi connectivity index (χ3v) is 9.47. The average molecular weight is 692 g/mol. The topological polar surface area (TPSA) is 30.3 Å². The van der Waals surface area contributed by atoms with E-state index in [9.17, 15) is 5.26 Å². The molecule has 3 nitrogen and oxygen atoms in total. The van der Waals surface area contributed by atoms with Gasteiger partial charge < -0.3 is 9.80 Å². The predicted molar refractivity (Wildman–Crippen MR) is 229 cm³/mol. The molecule has 54 heavy (non-hydrogen) atoms. The van der Waals surface area contributed by atoms with Crippen LogP contribution in [-0.2, 0) is 0 Å². The first-order valence-corrected chi connectivity index (χ1v) is 18.1. The highest BCUT2D eigenvalue weighted by Gasteiger charge is 2.13. The van der Waals surface area contributed by atoms with E-state index in [1.807, 2.05) is 36.4 Å². The molecule has 0 heterocycles. The SMILES string of the molecule is N#Cc1c(/C=C/c2ccc(N(c3ccccc3)c3ccccc3)cc2)ccc2cc(/C=C/c3ccc(N(c4ccccc4)c4ccccc4)cc3)ccc12. The summed E-state index contributed by atoms with van der Waals surface area (Å²) in [6.07, 6.45) is 8.36. The minimum Gasteiger partial charge on any atom is -0.311 e. The van der Waals surface area contributed by atoms with Crippen molar-refractivity contribution in [2.24, 2.45) is 0 Å². The molecule has 0 N–H and O–H groups in total.